The van der Waals surface area contributed by atoms with Gasteiger partial charge in [0, 0.05) is 0 Å². The van der Waals surface area contributed by atoms with Gasteiger partial charge in [-0.1, -0.05) is 19.1 Å². The fraction of sp³-hybridized carbons (Fsp3) is 0.474. The topological polar surface area (TPSA) is 102 Å². The number of halogens is 1. The summed E-state index contributed by atoms with van der Waals surface area (Å²) in [5.41, 5.74) is -1.79. The summed E-state index contributed by atoms with van der Waals surface area (Å²) in [4.78, 5) is 38.6. The third-order valence-corrected chi connectivity index (χ3v) is 5.39. The van der Waals surface area contributed by atoms with Crippen molar-refractivity contribution >= 4 is 17.8 Å². The fourth-order valence-corrected chi connectivity index (χ4v) is 3.84. The van der Waals surface area contributed by atoms with Crippen molar-refractivity contribution in [3.63, 3.8) is 0 Å². The zero-order chi connectivity index (χ0) is 19.7. The Morgan fingerprint density at radius 3 is 2.48 bits per heavy atom. The lowest BCUT2D eigenvalue weighted by Crippen LogP contribution is -2.50. The van der Waals surface area contributed by atoms with Gasteiger partial charge >= 0.3 is 6.03 Å². The Bertz CT molecular complexity index is 811. The molecule has 1 aliphatic heterocycles. The monoisotopic (exact) mass is 372 g/mol. The zero-order valence-corrected chi connectivity index (χ0v) is 15.0. The molecule has 4 amide bonds. The number of rotatable bonds is 5. The van der Waals surface area contributed by atoms with Crippen LogP contribution in [0.2, 0.25) is 0 Å². The van der Waals surface area contributed by atoms with Crippen molar-refractivity contribution in [3.8, 4) is 6.07 Å². The van der Waals surface area contributed by atoms with E-state index in [-0.39, 0.29) is 6.42 Å². The largest absolute Gasteiger partial charge is 0.336 e. The van der Waals surface area contributed by atoms with Gasteiger partial charge in [-0.05, 0) is 49.8 Å². The van der Waals surface area contributed by atoms with Gasteiger partial charge in [0.25, 0.3) is 5.91 Å². The van der Waals surface area contributed by atoms with Gasteiger partial charge in [0.2, 0.25) is 5.91 Å². The standard InChI is InChI=1S/C19H21FN4O3/c1-2-19(13-5-7-14(20)8-6-13)16(26)24(17(27)23-19)11-15(25)22-18(12-21)9-3-4-10-18/h5-8H,2-4,9-11H2,1H3,(H,22,25)(H,23,27)/t19-/m0/s1. The normalized spacial score (nSPS) is 23.8. The van der Waals surface area contributed by atoms with Crippen LogP contribution < -0.4 is 10.6 Å². The maximum atomic E-state index is 13.2. The highest BCUT2D eigenvalue weighted by Gasteiger charge is 2.52. The smallest absolute Gasteiger partial charge is 0.325 e. The summed E-state index contributed by atoms with van der Waals surface area (Å²) in [5, 5.41) is 14.7. The summed E-state index contributed by atoms with van der Waals surface area (Å²) >= 11 is 0. The van der Waals surface area contributed by atoms with Crippen molar-refractivity contribution in [1.29, 1.82) is 5.26 Å². The number of nitriles is 1. The summed E-state index contributed by atoms with van der Waals surface area (Å²) < 4.78 is 13.2. The SMILES string of the molecule is CC[C@@]1(c2ccc(F)cc2)NC(=O)N(CC(=O)NC2(C#N)CCCC2)C1=O. The maximum absolute atomic E-state index is 13.2. The highest BCUT2D eigenvalue weighted by molar-refractivity contribution is 6.09. The first-order valence-electron chi connectivity index (χ1n) is 8.98. The van der Waals surface area contributed by atoms with Crippen molar-refractivity contribution in [1.82, 2.24) is 15.5 Å². The van der Waals surface area contributed by atoms with E-state index in [2.05, 4.69) is 16.7 Å². The second kappa shape index (κ2) is 6.99. The average molecular weight is 372 g/mol. The van der Waals surface area contributed by atoms with Crippen LogP contribution in [0.3, 0.4) is 0 Å². The predicted molar refractivity (Wildman–Crippen MR) is 93.6 cm³/mol. The Morgan fingerprint density at radius 2 is 1.93 bits per heavy atom. The van der Waals surface area contributed by atoms with Gasteiger partial charge in [0.05, 0.1) is 6.07 Å². The Morgan fingerprint density at radius 1 is 1.30 bits per heavy atom. The molecule has 142 valence electrons. The van der Waals surface area contributed by atoms with Crippen molar-refractivity contribution in [2.24, 2.45) is 0 Å². The molecule has 27 heavy (non-hydrogen) atoms. The summed E-state index contributed by atoms with van der Waals surface area (Å²) in [6, 6.07) is 6.80. The van der Waals surface area contributed by atoms with Gasteiger partial charge in [-0.25, -0.2) is 9.18 Å². The molecule has 0 unspecified atom stereocenters. The van der Waals surface area contributed by atoms with E-state index < -0.39 is 41.3 Å². The fourth-order valence-electron chi connectivity index (χ4n) is 3.84. The second-order valence-corrected chi connectivity index (χ2v) is 7.04. The molecule has 0 radical (unpaired) electrons. The molecule has 7 nitrogen and oxygen atoms in total. The van der Waals surface area contributed by atoms with E-state index in [0.29, 0.717) is 18.4 Å². The van der Waals surface area contributed by atoms with Crippen molar-refractivity contribution < 1.29 is 18.8 Å². The van der Waals surface area contributed by atoms with Crippen LogP contribution in [0.5, 0.6) is 0 Å². The lowest BCUT2D eigenvalue weighted by molar-refractivity contribution is -0.135. The highest BCUT2D eigenvalue weighted by Crippen LogP contribution is 2.33. The summed E-state index contributed by atoms with van der Waals surface area (Å²) in [5.74, 6) is -1.56. The number of nitrogens with one attached hydrogen (secondary N) is 2. The van der Waals surface area contributed by atoms with E-state index in [9.17, 15) is 24.0 Å². The molecule has 1 atom stereocenters. The molecule has 1 saturated carbocycles. The molecular weight excluding hydrogens is 351 g/mol. The molecule has 3 rings (SSSR count). The minimum absolute atomic E-state index is 0.253. The van der Waals surface area contributed by atoms with Crippen LogP contribution >= 0.6 is 0 Å². The van der Waals surface area contributed by atoms with Gasteiger partial charge in [-0.2, -0.15) is 5.26 Å². The molecule has 1 aliphatic carbocycles. The van der Waals surface area contributed by atoms with Crippen LogP contribution in [0.1, 0.15) is 44.6 Å². The highest BCUT2D eigenvalue weighted by atomic mass is 19.1. The van der Waals surface area contributed by atoms with Crippen LogP contribution in [-0.4, -0.2) is 34.8 Å². The number of imide groups is 1. The molecule has 2 aliphatic rings. The van der Waals surface area contributed by atoms with Crippen LogP contribution in [0.4, 0.5) is 9.18 Å². The van der Waals surface area contributed by atoms with E-state index in [1.165, 1.54) is 24.3 Å². The first-order chi connectivity index (χ1) is 12.9. The number of hydrogen-bond donors (Lipinski definition) is 2. The number of nitrogens with zero attached hydrogens (tertiary/aromatic N) is 2. The summed E-state index contributed by atoms with van der Waals surface area (Å²) in [6.07, 6.45) is 3.07. The van der Waals surface area contributed by atoms with Gasteiger partial charge < -0.3 is 10.6 Å². The Labute approximate surface area is 156 Å². The van der Waals surface area contributed by atoms with Crippen LogP contribution in [0.15, 0.2) is 24.3 Å². The van der Waals surface area contributed by atoms with Crippen molar-refractivity contribution in [3.05, 3.63) is 35.6 Å². The molecule has 8 heteroatoms. The van der Waals surface area contributed by atoms with Gasteiger partial charge in [0.1, 0.15) is 23.4 Å². The molecule has 0 bridgehead atoms. The van der Waals surface area contributed by atoms with Gasteiger partial charge in [-0.15, -0.1) is 0 Å². The molecule has 0 spiro atoms. The molecule has 2 fully saturated rings. The molecule has 1 aromatic rings. The van der Waals surface area contributed by atoms with Gasteiger partial charge in [-0.3, -0.25) is 14.5 Å². The number of urea groups is 1. The number of carbonyl (C=O) groups excluding carboxylic acids is 3. The molecule has 2 N–H and O–H groups in total. The zero-order valence-electron chi connectivity index (χ0n) is 15.0. The lowest BCUT2D eigenvalue weighted by Gasteiger charge is -2.26. The second-order valence-electron chi connectivity index (χ2n) is 7.04. The van der Waals surface area contributed by atoms with E-state index in [0.717, 1.165) is 17.7 Å². The third-order valence-electron chi connectivity index (χ3n) is 5.39. The van der Waals surface area contributed by atoms with Crippen molar-refractivity contribution in [2.75, 3.05) is 6.54 Å². The molecule has 1 saturated heterocycles. The van der Waals surface area contributed by atoms with Crippen LogP contribution in [0, 0.1) is 17.1 Å². The van der Waals surface area contributed by atoms with Crippen LogP contribution in [-0.2, 0) is 15.1 Å². The Kier molecular flexibility index (Phi) is 4.87. The number of benzene rings is 1. The molecule has 0 aromatic heterocycles. The Balaban J connectivity index is 1.78. The summed E-state index contributed by atoms with van der Waals surface area (Å²) in [6.45, 7) is 1.27. The first-order valence-corrected chi connectivity index (χ1v) is 8.98. The quantitative estimate of drug-likeness (QED) is 0.771. The van der Waals surface area contributed by atoms with E-state index in [1.807, 2.05) is 0 Å². The summed E-state index contributed by atoms with van der Waals surface area (Å²) in [7, 11) is 0. The van der Waals surface area contributed by atoms with E-state index >= 15 is 0 Å². The van der Waals surface area contributed by atoms with E-state index in [4.69, 9.17) is 0 Å². The number of hydrogen-bond acceptors (Lipinski definition) is 4. The molecule has 1 aromatic carbocycles. The molecular formula is C19H21FN4O3. The predicted octanol–water partition coefficient (Wildman–Crippen LogP) is 1.94. The van der Waals surface area contributed by atoms with Crippen molar-refractivity contribution in [2.45, 2.75) is 50.1 Å². The number of carbonyl (C=O) groups is 3. The third kappa shape index (κ3) is 3.25. The lowest BCUT2D eigenvalue weighted by atomic mass is 9.87. The minimum Gasteiger partial charge on any atom is -0.336 e. The Hall–Kier alpha value is -2.95. The minimum atomic E-state index is -1.33. The van der Waals surface area contributed by atoms with E-state index in [1.54, 1.807) is 6.92 Å². The number of amides is 4. The maximum Gasteiger partial charge on any atom is 0.325 e. The molecule has 1 heterocycles. The first kappa shape index (κ1) is 18.8. The average Bonchev–Trinajstić information content (AvgIpc) is 3.21. The van der Waals surface area contributed by atoms with Crippen LogP contribution in [0.25, 0.3) is 0 Å². The van der Waals surface area contributed by atoms with Gasteiger partial charge in [0.15, 0.2) is 0 Å².